The Hall–Kier alpha value is -1.27. The molecule has 106 valence electrons. The smallest absolute Gasteiger partial charge is 0.236 e. The molecule has 5 nitrogen and oxygen atoms in total. The van der Waals surface area contributed by atoms with E-state index in [2.05, 4.69) is 5.32 Å². The summed E-state index contributed by atoms with van der Waals surface area (Å²) in [6.07, 6.45) is 2.32. The molecule has 1 aromatic carbocycles. The highest BCUT2D eigenvalue weighted by atomic mass is 32.2. The number of nitrogens with one attached hydrogen (secondary N) is 1. The van der Waals surface area contributed by atoms with Gasteiger partial charge in [0.2, 0.25) is 10.0 Å². The van der Waals surface area contributed by atoms with E-state index in [0.29, 0.717) is 24.0 Å². The lowest BCUT2D eigenvalue weighted by Crippen LogP contribution is -2.34. The minimum atomic E-state index is -3.27. The van der Waals surface area contributed by atoms with Crippen molar-refractivity contribution in [3.05, 3.63) is 24.3 Å². The Morgan fingerprint density at radius 1 is 1.32 bits per heavy atom. The van der Waals surface area contributed by atoms with Crippen LogP contribution < -0.4 is 14.4 Å². The summed E-state index contributed by atoms with van der Waals surface area (Å²) in [5, 5.41) is 3.21. The van der Waals surface area contributed by atoms with Crippen molar-refractivity contribution in [2.24, 2.45) is 0 Å². The standard InChI is InChI=1S/C13H20N2O3S/c1-15(12-5-7-13(18-2)8-6-12)19(16,17)10-9-14-11-3-4-11/h5-8,11,14H,3-4,9-10H2,1-2H3. The lowest BCUT2D eigenvalue weighted by Gasteiger charge is -2.19. The van der Waals surface area contributed by atoms with Crippen molar-refractivity contribution >= 4 is 15.7 Å². The molecule has 0 atom stereocenters. The summed E-state index contributed by atoms with van der Waals surface area (Å²) in [7, 11) is -0.111. The quantitative estimate of drug-likeness (QED) is 0.818. The molecule has 6 heteroatoms. The lowest BCUT2D eigenvalue weighted by atomic mass is 10.3. The molecule has 0 heterocycles. The third kappa shape index (κ3) is 3.84. The van der Waals surface area contributed by atoms with Crippen molar-refractivity contribution in [1.82, 2.24) is 5.32 Å². The summed E-state index contributed by atoms with van der Waals surface area (Å²) in [5.41, 5.74) is 0.646. The van der Waals surface area contributed by atoms with E-state index in [1.165, 1.54) is 4.31 Å². The van der Waals surface area contributed by atoms with E-state index >= 15 is 0 Å². The van der Waals surface area contributed by atoms with Gasteiger partial charge in [-0.3, -0.25) is 4.31 Å². The number of hydrogen-bond acceptors (Lipinski definition) is 4. The number of benzene rings is 1. The van der Waals surface area contributed by atoms with Gasteiger partial charge in [0.25, 0.3) is 0 Å². The van der Waals surface area contributed by atoms with Crippen molar-refractivity contribution in [2.45, 2.75) is 18.9 Å². The van der Waals surface area contributed by atoms with Crippen LogP contribution in [0.25, 0.3) is 0 Å². The van der Waals surface area contributed by atoms with Crippen LogP contribution in [-0.4, -0.2) is 40.9 Å². The van der Waals surface area contributed by atoms with E-state index in [-0.39, 0.29) is 5.75 Å². The van der Waals surface area contributed by atoms with Gasteiger partial charge in [-0.2, -0.15) is 0 Å². The van der Waals surface area contributed by atoms with Crippen molar-refractivity contribution in [1.29, 1.82) is 0 Å². The molecule has 0 saturated heterocycles. The summed E-state index contributed by atoms with van der Waals surface area (Å²) in [6, 6.07) is 7.52. The Kier molecular flexibility index (Phi) is 4.31. The van der Waals surface area contributed by atoms with Gasteiger partial charge in [-0.05, 0) is 37.1 Å². The first-order valence-electron chi connectivity index (χ1n) is 6.37. The Morgan fingerprint density at radius 2 is 1.95 bits per heavy atom. The topological polar surface area (TPSA) is 58.6 Å². The summed E-state index contributed by atoms with van der Waals surface area (Å²) in [6.45, 7) is 0.507. The summed E-state index contributed by atoms with van der Waals surface area (Å²) < 4.78 is 30.7. The second-order valence-electron chi connectivity index (χ2n) is 4.71. The van der Waals surface area contributed by atoms with Crippen molar-refractivity contribution < 1.29 is 13.2 Å². The number of hydrogen-bond donors (Lipinski definition) is 1. The molecule has 0 bridgehead atoms. The van der Waals surface area contributed by atoms with Crippen LogP contribution in [0, 0.1) is 0 Å². The van der Waals surface area contributed by atoms with Gasteiger partial charge < -0.3 is 10.1 Å². The summed E-state index contributed by atoms with van der Waals surface area (Å²) in [4.78, 5) is 0. The number of ether oxygens (including phenoxy) is 1. The van der Waals surface area contributed by atoms with E-state index in [0.717, 1.165) is 12.8 Å². The predicted octanol–water partition coefficient (Wildman–Crippen LogP) is 1.21. The third-order valence-electron chi connectivity index (χ3n) is 3.22. The van der Waals surface area contributed by atoms with Gasteiger partial charge >= 0.3 is 0 Å². The molecular formula is C13H20N2O3S. The molecule has 19 heavy (non-hydrogen) atoms. The Bertz CT molecular complexity index is 509. The largest absolute Gasteiger partial charge is 0.497 e. The summed E-state index contributed by atoms with van der Waals surface area (Å²) in [5.74, 6) is 0.830. The lowest BCUT2D eigenvalue weighted by molar-refractivity contribution is 0.415. The monoisotopic (exact) mass is 284 g/mol. The highest BCUT2D eigenvalue weighted by Crippen LogP contribution is 2.21. The molecule has 0 aliphatic heterocycles. The molecular weight excluding hydrogens is 264 g/mol. The van der Waals surface area contributed by atoms with Crippen LogP contribution in [0.1, 0.15) is 12.8 Å². The molecule has 1 aliphatic carbocycles. The number of sulfonamides is 1. The van der Waals surface area contributed by atoms with Gasteiger partial charge in [-0.25, -0.2) is 8.42 Å². The van der Waals surface area contributed by atoms with Gasteiger partial charge in [-0.15, -0.1) is 0 Å². The molecule has 1 saturated carbocycles. The number of anilines is 1. The predicted molar refractivity (Wildman–Crippen MR) is 76.2 cm³/mol. The second kappa shape index (κ2) is 5.79. The van der Waals surface area contributed by atoms with Crippen molar-refractivity contribution in [2.75, 3.05) is 30.8 Å². The van der Waals surface area contributed by atoms with E-state index < -0.39 is 10.0 Å². The fourth-order valence-electron chi connectivity index (χ4n) is 1.77. The third-order valence-corrected chi connectivity index (χ3v) is 4.99. The zero-order chi connectivity index (χ0) is 13.9. The zero-order valence-corrected chi connectivity index (χ0v) is 12.1. The van der Waals surface area contributed by atoms with Crippen molar-refractivity contribution in [3.63, 3.8) is 0 Å². The molecule has 0 aromatic heterocycles. The van der Waals surface area contributed by atoms with Gasteiger partial charge in [0.1, 0.15) is 5.75 Å². The fourth-order valence-corrected chi connectivity index (χ4v) is 2.86. The summed E-state index contributed by atoms with van der Waals surface area (Å²) >= 11 is 0. The number of nitrogens with zero attached hydrogens (tertiary/aromatic N) is 1. The normalized spacial score (nSPS) is 15.3. The van der Waals surface area contributed by atoms with Crippen LogP contribution in [0.2, 0.25) is 0 Å². The molecule has 1 aliphatic rings. The van der Waals surface area contributed by atoms with Gasteiger partial charge in [-0.1, -0.05) is 0 Å². The maximum absolute atomic E-state index is 12.1. The number of methoxy groups -OCH3 is 1. The van der Waals surface area contributed by atoms with Crippen LogP contribution in [0.15, 0.2) is 24.3 Å². The molecule has 0 unspecified atom stereocenters. The molecule has 0 amide bonds. The van der Waals surface area contributed by atoms with E-state index in [9.17, 15) is 8.42 Å². The molecule has 0 radical (unpaired) electrons. The number of rotatable bonds is 7. The zero-order valence-electron chi connectivity index (χ0n) is 11.3. The molecule has 1 N–H and O–H groups in total. The maximum atomic E-state index is 12.1. The van der Waals surface area contributed by atoms with Gasteiger partial charge in [0, 0.05) is 19.6 Å². The average Bonchev–Trinajstić information content (AvgIpc) is 3.22. The molecule has 1 fully saturated rings. The van der Waals surface area contributed by atoms with Crippen molar-refractivity contribution in [3.8, 4) is 5.75 Å². The van der Waals surface area contributed by atoms with E-state index in [4.69, 9.17) is 4.74 Å². The Balaban J connectivity index is 1.96. The first-order valence-corrected chi connectivity index (χ1v) is 7.98. The molecule has 1 aromatic rings. The minimum absolute atomic E-state index is 0.117. The van der Waals surface area contributed by atoms with Crippen LogP contribution >= 0.6 is 0 Å². The molecule has 0 spiro atoms. The first kappa shape index (κ1) is 14.1. The fraction of sp³-hybridized carbons (Fsp3) is 0.538. The average molecular weight is 284 g/mol. The van der Waals surface area contributed by atoms with Crippen LogP contribution in [0.3, 0.4) is 0 Å². The Labute approximate surface area is 114 Å². The van der Waals surface area contributed by atoms with Crippen LogP contribution in [-0.2, 0) is 10.0 Å². The first-order chi connectivity index (χ1) is 9.03. The minimum Gasteiger partial charge on any atom is -0.497 e. The van der Waals surface area contributed by atoms with E-state index in [1.54, 1.807) is 38.4 Å². The maximum Gasteiger partial charge on any atom is 0.236 e. The van der Waals surface area contributed by atoms with Gasteiger partial charge in [0.05, 0.1) is 18.6 Å². The Morgan fingerprint density at radius 3 is 2.47 bits per heavy atom. The van der Waals surface area contributed by atoms with Gasteiger partial charge in [0.15, 0.2) is 0 Å². The highest BCUT2D eigenvalue weighted by Gasteiger charge is 2.23. The molecule has 2 rings (SSSR count). The van der Waals surface area contributed by atoms with Crippen LogP contribution in [0.4, 0.5) is 5.69 Å². The van der Waals surface area contributed by atoms with E-state index in [1.807, 2.05) is 0 Å². The van der Waals surface area contributed by atoms with Crippen LogP contribution in [0.5, 0.6) is 5.75 Å². The second-order valence-corrected chi connectivity index (χ2v) is 6.83. The highest BCUT2D eigenvalue weighted by molar-refractivity contribution is 7.92. The SMILES string of the molecule is COc1ccc(N(C)S(=O)(=O)CCNC2CC2)cc1.